The summed E-state index contributed by atoms with van der Waals surface area (Å²) in [7, 11) is 1.57. The summed E-state index contributed by atoms with van der Waals surface area (Å²) in [5.74, 6) is -0.847. The van der Waals surface area contributed by atoms with Gasteiger partial charge in [-0.05, 0) is 31.1 Å². The van der Waals surface area contributed by atoms with Crippen LogP contribution in [0.5, 0.6) is 0 Å². The van der Waals surface area contributed by atoms with Crippen molar-refractivity contribution in [3.05, 3.63) is 0 Å². The molecule has 8 nitrogen and oxygen atoms in total. The molecule has 210 valence electrons. The van der Waals surface area contributed by atoms with Crippen LogP contribution in [0.1, 0.15) is 82.1 Å². The van der Waals surface area contributed by atoms with E-state index in [0.29, 0.717) is 18.9 Å². The van der Waals surface area contributed by atoms with E-state index < -0.39 is 24.1 Å². The van der Waals surface area contributed by atoms with Crippen molar-refractivity contribution in [1.29, 1.82) is 0 Å². The lowest BCUT2D eigenvalue weighted by Gasteiger charge is -2.40. The summed E-state index contributed by atoms with van der Waals surface area (Å²) in [5.41, 5.74) is -1.02. The Morgan fingerprint density at radius 2 is 1.56 bits per heavy atom. The number of carbonyl (C=O) groups is 4. The SMILES string of the molecule is C=O.CC.CC.COC1C2CC(C3COC(=O)C32)C1OC(=O)COC(=O)C(C)(CC(C)C)C(C)(C)C. The van der Waals surface area contributed by atoms with E-state index in [1.807, 2.05) is 62.2 Å². The van der Waals surface area contributed by atoms with E-state index in [1.54, 1.807) is 7.11 Å². The van der Waals surface area contributed by atoms with Crippen LogP contribution in [0.3, 0.4) is 0 Å². The van der Waals surface area contributed by atoms with Crippen molar-refractivity contribution in [3.8, 4) is 0 Å². The third-order valence-corrected chi connectivity index (χ3v) is 7.66. The quantitative estimate of drug-likeness (QED) is 0.350. The monoisotopic (exact) mass is 514 g/mol. The van der Waals surface area contributed by atoms with Gasteiger partial charge in [-0.25, -0.2) is 4.79 Å². The molecular formula is C28H50O8. The van der Waals surface area contributed by atoms with E-state index in [1.165, 1.54) is 0 Å². The number of hydrogen-bond acceptors (Lipinski definition) is 8. The minimum absolute atomic E-state index is 0.00979. The van der Waals surface area contributed by atoms with Crippen LogP contribution in [-0.4, -0.2) is 57.2 Å². The number of esters is 3. The first-order valence-corrected chi connectivity index (χ1v) is 13.3. The van der Waals surface area contributed by atoms with Gasteiger partial charge in [0.2, 0.25) is 0 Å². The summed E-state index contributed by atoms with van der Waals surface area (Å²) >= 11 is 0. The van der Waals surface area contributed by atoms with Crippen LogP contribution in [0.2, 0.25) is 0 Å². The van der Waals surface area contributed by atoms with Crippen LogP contribution in [0, 0.1) is 40.4 Å². The van der Waals surface area contributed by atoms with Gasteiger partial charge in [-0.15, -0.1) is 0 Å². The summed E-state index contributed by atoms with van der Waals surface area (Å²) in [6.07, 6.45) is 0.686. The molecule has 1 aliphatic heterocycles. The van der Waals surface area contributed by atoms with Crippen LogP contribution < -0.4 is 0 Å². The maximum absolute atomic E-state index is 12.9. The van der Waals surface area contributed by atoms with E-state index in [-0.39, 0.29) is 47.1 Å². The highest BCUT2D eigenvalue weighted by Gasteiger charge is 2.65. The molecule has 0 aromatic carbocycles. The van der Waals surface area contributed by atoms with Crippen molar-refractivity contribution < 1.29 is 38.1 Å². The van der Waals surface area contributed by atoms with Gasteiger partial charge in [0.25, 0.3) is 0 Å². The summed E-state index contributed by atoms with van der Waals surface area (Å²) in [6.45, 7) is 22.0. The second kappa shape index (κ2) is 14.7. The number of carbonyl (C=O) groups excluding carboxylic acids is 4. The largest absolute Gasteiger partial charge is 0.465 e. The van der Waals surface area contributed by atoms with Crippen molar-refractivity contribution in [2.75, 3.05) is 20.3 Å². The summed E-state index contributed by atoms with van der Waals surface area (Å²) in [5, 5.41) is 0. The Bertz CT molecular complexity index is 713. The van der Waals surface area contributed by atoms with Gasteiger partial charge in [0.05, 0.1) is 24.0 Å². The molecule has 1 saturated heterocycles. The molecule has 0 aromatic heterocycles. The molecule has 7 atom stereocenters. The second-order valence-electron chi connectivity index (χ2n) is 10.8. The Labute approximate surface area is 218 Å². The zero-order valence-corrected chi connectivity index (χ0v) is 24.3. The fraction of sp³-hybridized carbons (Fsp3) is 0.857. The molecule has 3 rings (SSSR count). The highest BCUT2D eigenvalue weighted by Crippen LogP contribution is 2.57. The standard InChI is InChI=1S/C23H36O7.2C2H6.CH2O/c1-12(2)9-23(6,22(3,4)5)21(26)29-11-16(24)30-19-13-8-14(18(19)27-7)17-15(13)10-28-20(17)25;3*1-2/h12-15,17-19H,8-11H2,1-7H3;2*1-2H3;1H2. The summed E-state index contributed by atoms with van der Waals surface area (Å²) in [6, 6.07) is 0. The van der Waals surface area contributed by atoms with Gasteiger partial charge in [-0.3, -0.25) is 9.59 Å². The average molecular weight is 515 g/mol. The van der Waals surface area contributed by atoms with E-state index in [9.17, 15) is 14.4 Å². The first kappa shape index (κ1) is 34.0. The van der Waals surface area contributed by atoms with E-state index >= 15 is 0 Å². The van der Waals surface area contributed by atoms with Gasteiger partial charge in [-0.1, -0.05) is 62.3 Å². The molecule has 3 aliphatic rings. The lowest BCUT2D eigenvalue weighted by Crippen LogP contribution is -2.46. The minimum Gasteiger partial charge on any atom is -0.465 e. The van der Waals surface area contributed by atoms with Crippen molar-refractivity contribution in [1.82, 2.24) is 0 Å². The molecule has 2 bridgehead atoms. The number of cyclic esters (lactones) is 1. The zero-order valence-electron chi connectivity index (χ0n) is 24.3. The maximum atomic E-state index is 12.9. The lowest BCUT2D eigenvalue weighted by atomic mass is 9.64. The maximum Gasteiger partial charge on any atom is 0.344 e. The Hall–Kier alpha value is -1.96. The fourth-order valence-electron chi connectivity index (χ4n) is 5.72. The fourth-order valence-corrected chi connectivity index (χ4v) is 5.72. The Balaban J connectivity index is 0.00000190. The van der Waals surface area contributed by atoms with Crippen molar-refractivity contribution in [2.45, 2.75) is 94.3 Å². The highest BCUT2D eigenvalue weighted by molar-refractivity contribution is 5.81. The number of methoxy groups -OCH3 is 1. The molecule has 0 amide bonds. The third-order valence-electron chi connectivity index (χ3n) is 7.66. The molecule has 36 heavy (non-hydrogen) atoms. The number of hydrogen-bond donors (Lipinski definition) is 0. The Morgan fingerprint density at radius 1 is 1.00 bits per heavy atom. The Morgan fingerprint density at radius 3 is 2.03 bits per heavy atom. The second-order valence-corrected chi connectivity index (χ2v) is 10.8. The topological polar surface area (TPSA) is 105 Å². The first-order chi connectivity index (χ1) is 16.9. The van der Waals surface area contributed by atoms with Crippen LogP contribution in [-0.2, 0) is 38.1 Å². The number of fused-ring (bicyclic) bond motifs is 5. The van der Waals surface area contributed by atoms with Crippen LogP contribution >= 0.6 is 0 Å². The van der Waals surface area contributed by atoms with Crippen molar-refractivity contribution in [2.24, 2.45) is 40.4 Å². The van der Waals surface area contributed by atoms with Gasteiger partial charge in [0.15, 0.2) is 6.61 Å². The summed E-state index contributed by atoms with van der Waals surface area (Å²) in [4.78, 5) is 45.5. The highest BCUT2D eigenvalue weighted by atomic mass is 16.6. The van der Waals surface area contributed by atoms with Gasteiger partial charge >= 0.3 is 17.9 Å². The molecule has 7 unspecified atom stereocenters. The zero-order chi connectivity index (χ0) is 28.4. The first-order valence-electron chi connectivity index (χ1n) is 13.3. The Kier molecular flexibility index (Phi) is 13.9. The van der Waals surface area contributed by atoms with Gasteiger partial charge in [0, 0.05) is 24.9 Å². The minimum atomic E-state index is -0.711. The van der Waals surface area contributed by atoms with Crippen LogP contribution in [0.25, 0.3) is 0 Å². The normalized spacial score (nSPS) is 29.2. The van der Waals surface area contributed by atoms with E-state index in [4.69, 9.17) is 23.7 Å². The smallest absolute Gasteiger partial charge is 0.344 e. The van der Waals surface area contributed by atoms with Crippen LogP contribution in [0.15, 0.2) is 0 Å². The average Bonchev–Trinajstić information content (AvgIpc) is 3.51. The van der Waals surface area contributed by atoms with Gasteiger partial charge in [0.1, 0.15) is 12.9 Å². The molecule has 2 saturated carbocycles. The van der Waals surface area contributed by atoms with Crippen molar-refractivity contribution >= 4 is 24.7 Å². The molecule has 3 fully saturated rings. The lowest BCUT2D eigenvalue weighted by molar-refractivity contribution is -0.179. The molecule has 0 N–H and O–H groups in total. The number of rotatable bonds is 7. The van der Waals surface area contributed by atoms with Crippen molar-refractivity contribution in [3.63, 3.8) is 0 Å². The predicted molar refractivity (Wildman–Crippen MR) is 138 cm³/mol. The molecule has 0 spiro atoms. The molecule has 2 aliphatic carbocycles. The molecular weight excluding hydrogens is 464 g/mol. The number of ether oxygens (including phenoxy) is 4. The van der Waals surface area contributed by atoms with Gasteiger partial charge in [-0.2, -0.15) is 0 Å². The molecule has 1 heterocycles. The summed E-state index contributed by atoms with van der Waals surface area (Å²) < 4.78 is 22.0. The molecule has 8 heteroatoms. The predicted octanol–water partition coefficient (Wildman–Crippen LogP) is 4.86. The van der Waals surface area contributed by atoms with Gasteiger partial charge < -0.3 is 23.7 Å². The third kappa shape index (κ3) is 7.08. The molecule has 0 radical (unpaired) electrons. The molecule has 0 aromatic rings. The van der Waals surface area contributed by atoms with E-state index in [2.05, 4.69) is 13.8 Å². The van der Waals surface area contributed by atoms with E-state index in [0.717, 1.165) is 6.42 Å². The van der Waals surface area contributed by atoms with Crippen LogP contribution in [0.4, 0.5) is 0 Å².